The molecule has 0 aromatic heterocycles. The second-order valence-corrected chi connectivity index (χ2v) is 7.15. The maximum atomic E-state index is 12.7. The van der Waals surface area contributed by atoms with Gasteiger partial charge in [-0.25, -0.2) is 0 Å². The molecular formula is C17H30N2O. The highest BCUT2D eigenvalue weighted by Gasteiger charge is 2.35. The minimum Gasteiger partial charge on any atom is -0.340 e. The molecule has 3 aliphatic rings. The second kappa shape index (κ2) is 6.46. The van der Waals surface area contributed by atoms with Crippen molar-refractivity contribution in [3.05, 3.63) is 0 Å². The Balaban J connectivity index is 1.54. The van der Waals surface area contributed by atoms with E-state index in [1.165, 1.54) is 57.8 Å². The Hall–Kier alpha value is -0.570. The average Bonchev–Trinajstić information content (AvgIpc) is 2.80. The highest BCUT2D eigenvalue weighted by molar-refractivity contribution is 5.76. The molecule has 1 amide bonds. The average molecular weight is 278 g/mol. The smallest absolute Gasteiger partial charge is 0.223 e. The predicted octanol–water partition coefficient (Wildman–Crippen LogP) is 3.09. The molecule has 2 aliphatic heterocycles. The molecule has 2 unspecified atom stereocenters. The second-order valence-electron chi connectivity index (χ2n) is 7.15. The van der Waals surface area contributed by atoms with Crippen molar-refractivity contribution in [3.8, 4) is 0 Å². The van der Waals surface area contributed by atoms with Gasteiger partial charge in [-0.2, -0.15) is 0 Å². The molecule has 3 heteroatoms. The van der Waals surface area contributed by atoms with Crippen LogP contribution in [0.25, 0.3) is 0 Å². The van der Waals surface area contributed by atoms with Crippen molar-refractivity contribution in [1.29, 1.82) is 0 Å². The maximum absolute atomic E-state index is 12.7. The van der Waals surface area contributed by atoms with E-state index in [9.17, 15) is 4.79 Å². The Morgan fingerprint density at radius 2 is 1.70 bits per heavy atom. The molecule has 3 fully saturated rings. The van der Waals surface area contributed by atoms with Crippen LogP contribution in [0.15, 0.2) is 0 Å². The van der Waals surface area contributed by atoms with Crippen molar-refractivity contribution in [2.24, 2.45) is 5.92 Å². The Labute approximate surface area is 123 Å². The van der Waals surface area contributed by atoms with Gasteiger partial charge >= 0.3 is 0 Å². The first kappa shape index (κ1) is 14.4. The van der Waals surface area contributed by atoms with Crippen LogP contribution in [-0.4, -0.2) is 35.5 Å². The highest BCUT2D eigenvalue weighted by Crippen LogP contribution is 2.33. The van der Waals surface area contributed by atoms with Crippen LogP contribution >= 0.6 is 0 Å². The summed E-state index contributed by atoms with van der Waals surface area (Å²) in [7, 11) is 0. The van der Waals surface area contributed by atoms with Gasteiger partial charge in [-0.05, 0) is 51.4 Å². The SMILES string of the molecule is CCN(C(=O)CC1CC2CCC(C1)N2)C1CCCCC1. The molecule has 0 aromatic rings. The number of amides is 1. The zero-order chi connectivity index (χ0) is 13.9. The van der Waals surface area contributed by atoms with E-state index in [1.54, 1.807) is 0 Å². The van der Waals surface area contributed by atoms with Crippen LogP contribution < -0.4 is 5.32 Å². The van der Waals surface area contributed by atoms with Gasteiger partial charge in [-0.3, -0.25) is 4.79 Å². The molecule has 2 atom stereocenters. The Bertz CT molecular complexity index is 326. The lowest BCUT2D eigenvalue weighted by Gasteiger charge is -2.36. The van der Waals surface area contributed by atoms with Crippen LogP contribution in [0.4, 0.5) is 0 Å². The standard InChI is InChI=1S/C17H30N2O/c1-2-19(16-6-4-3-5-7-16)17(20)12-13-10-14-8-9-15(11-13)18-14/h13-16,18H,2-12H2,1H3. The summed E-state index contributed by atoms with van der Waals surface area (Å²) in [4.78, 5) is 14.9. The summed E-state index contributed by atoms with van der Waals surface area (Å²) in [6.07, 6.45) is 12.4. The first-order valence-electron chi connectivity index (χ1n) is 8.81. The number of nitrogens with one attached hydrogen (secondary N) is 1. The quantitative estimate of drug-likeness (QED) is 0.857. The molecule has 3 nitrogen and oxygen atoms in total. The number of fused-ring (bicyclic) bond motifs is 2. The zero-order valence-electron chi connectivity index (χ0n) is 12.9. The van der Waals surface area contributed by atoms with Gasteiger partial charge in [-0.15, -0.1) is 0 Å². The van der Waals surface area contributed by atoms with Crippen LogP contribution in [0.2, 0.25) is 0 Å². The van der Waals surface area contributed by atoms with E-state index in [-0.39, 0.29) is 0 Å². The van der Waals surface area contributed by atoms with Crippen molar-refractivity contribution in [2.45, 2.75) is 89.3 Å². The fourth-order valence-electron chi connectivity index (χ4n) is 4.74. The molecule has 2 bridgehead atoms. The Kier molecular flexibility index (Phi) is 4.65. The predicted molar refractivity (Wildman–Crippen MR) is 81.5 cm³/mol. The monoisotopic (exact) mass is 278 g/mol. The van der Waals surface area contributed by atoms with Crippen molar-refractivity contribution in [3.63, 3.8) is 0 Å². The van der Waals surface area contributed by atoms with Crippen molar-refractivity contribution in [1.82, 2.24) is 10.2 Å². The third-order valence-corrected chi connectivity index (χ3v) is 5.71. The number of carbonyl (C=O) groups is 1. The van der Waals surface area contributed by atoms with Crippen molar-refractivity contribution >= 4 is 5.91 Å². The number of nitrogens with zero attached hydrogens (tertiary/aromatic N) is 1. The van der Waals surface area contributed by atoms with E-state index in [2.05, 4.69) is 17.1 Å². The Morgan fingerprint density at radius 3 is 2.30 bits per heavy atom. The minimum absolute atomic E-state index is 0.436. The molecule has 1 aliphatic carbocycles. The van der Waals surface area contributed by atoms with Gasteiger partial charge < -0.3 is 10.2 Å². The summed E-state index contributed by atoms with van der Waals surface area (Å²) in [6.45, 7) is 3.06. The number of carbonyl (C=O) groups excluding carboxylic acids is 1. The van der Waals surface area contributed by atoms with Gasteiger partial charge in [0.1, 0.15) is 0 Å². The van der Waals surface area contributed by atoms with Crippen molar-refractivity contribution in [2.75, 3.05) is 6.54 Å². The highest BCUT2D eigenvalue weighted by atomic mass is 16.2. The summed E-state index contributed by atoms with van der Waals surface area (Å²) >= 11 is 0. The molecule has 0 spiro atoms. The van der Waals surface area contributed by atoms with E-state index >= 15 is 0 Å². The summed E-state index contributed by atoms with van der Waals surface area (Å²) in [6, 6.07) is 1.95. The van der Waals surface area contributed by atoms with Crippen LogP contribution in [0.3, 0.4) is 0 Å². The van der Waals surface area contributed by atoms with E-state index in [0.717, 1.165) is 13.0 Å². The van der Waals surface area contributed by atoms with Crippen LogP contribution in [-0.2, 0) is 4.79 Å². The molecule has 20 heavy (non-hydrogen) atoms. The molecule has 3 rings (SSSR count). The number of rotatable bonds is 4. The van der Waals surface area contributed by atoms with E-state index in [0.29, 0.717) is 30.0 Å². The first-order valence-corrected chi connectivity index (χ1v) is 8.81. The van der Waals surface area contributed by atoms with Gasteiger partial charge in [0.05, 0.1) is 0 Å². The first-order chi connectivity index (χ1) is 9.76. The molecule has 114 valence electrons. The minimum atomic E-state index is 0.436. The largest absolute Gasteiger partial charge is 0.340 e. The van der Waals surface area contributed by atoms with Gasteiger partial charge in [0.25, 0.3) is 0 Å². The van der Waals surface area contributed by atoms with Gasteiger partial charge in [0.2, 0.25) is 5.91 Å². The molecule has 2 saturated heterocycles. The van der Waals surface area contributed by atoms with Crippen LogP contribution in [0.5, 0.6) is 0 Å². The fourth-order valence-corrected chi connectivity index (χ4v) is 4.74. The number of hydrogen-bond donors (Lipinski definition) is 1. The molecule has 0 aromatic carbocycles. The normalized spacial score (nSPS) is 34.1. The van der Waals surface area contributed by atoms with E-state index in [4.69, 9.17) is 0 Å². The number of piperidine rings is 1. The summed E-state index contributed by atoms with van der Waals surface area (Å²) in [5, 5.41) is 3.68. The lowest BCUT2D eigenvalue weighted by Crippen LogP contribution is -2.44. The summed E-state index contributed by atoms with van der Waals surface area (Å²) in [5.74, 6) is 1.07. The molecule has 1 saturated carbocycles. The van der Waals surface area contributed by atoms with E-state index < -0.39 is 0 Å². The Morgan fingerprint density at radius 1 is 1.05 bits per heavy atom. The lowest BCUT2D eigenvalue weighted by molar-refractivity contribution is -0.135. The molecular weight excluding hydrogens is 248 g/mol. The van der Waals surface area contributed by atoms with Crippen LogP contribution in [0, 0.1) is 5.92 Å². The topological polar surface area (TPSA) is 32.3 Å². The summed E-state index contributed by atoms with van der Waals surface area (Å²) < 4.78 is 0. The van der Waals surface area contributed by atoms with Gasteiger partial charge in [0, 0.05) is 31.1 Å². The zero-order valence-corrected chi connectivity index (χ0v) is 12.9. The third-order valence-electron chi connectivity index (χ3n) is 5.71. The van der Waals surface area contributed by atoms with E-state index in [1.807, 2.05) is 0 Å². The molecule has 0 radical (unpaired) electrons. The fraction of sp³-hybridized carbons (Fsp3) is 0.941. The maximum Gasteiger partial charge on any atom is 0.223 e. The molecule has 1 N–H and O–H groups in total. The van der Waals surface area contributed by atoms with Gasteiger partial charge in [-0.1, -0.05) is 19.3 Å². The van der Waals surface area contributed by atoms with Crippen molar-refractivity contribution < 1.29 is 4.79 Å². The number of hydrogen-bond acceptors (Lipinski definition) is 2. The van der Waals surface area contributed by atoms with Gasteiger partial charge in [0.15, 0.2) is 0 Å². The lowest BCUT2D eigenvalue weighted by atomic mass is 9.88. The third kappa shape index (κ3) is 3.19. The summed E-state index contributed by atoms with van der Waals surface area (Å²) in [5.41, 5.74) is 0. The van der Waals surface area contributed by atoms with Crippen LogP contribution in [0.1, 0.15) is 71.1 Å². The molecule has 2 heterocycles.